The third-order valence-electron chi connectivity index (χ3n) is 7.03. The van der Waals surface area contributed by atoms with E-state index >= 15 is 0 Å². The molecule has 0 amide bonds. The summed E-state index contributed by atoms with van der Waals surface area (Å²) in [5, 5.41) is 15.4. The first-order valence-electron chi connectivity index (χ1n) is 12.4. The number of nitrogens with zero attached hydrogens (tertiary/aromatic N) is 3. The van der Waals surface area contributed by atoms with Crippen LogP contribution in [0.25, 0.3) is 0 Å². The lowest BCUT2D eigenvalue weighted by molar-refractivity contribution is -0.141. The number of nitrogens with one attached hydrogen (secondary N) is 1. The van der Waals surface area contributed by atoms with Gasteiger partial charge in [0.15, 0.2) is 10.8 Å². The van der Waals surface area contributed by atoms with Crippen LogP contribution in [0, 0.1) is 5.92 Å². The molecule has 0 aliphatic carbocycles. The Morgan fingerprint density at radius 1 is 1.27 bits per heavy atom. The molecular formula is C26H29BrN4O5S. The van der Waals surface area contributed by atoms with Crippen LogP contribution >= 0.6 is 27.3 Å². The smallest absolute Gasteiger partial charge is 0.338 e. The summed E-state index contributed by atoms with van der Waals surface area (Å²) in [6.07, 6.45) is 3.38. The Hall–Kier alpha value is -2.60. The lowest BCUT2D eigenvalue weighted by Crippen LogP contribution is -2.58. The maximum Gasteiger partial charge on any atom is 0.338 e. The number of carboxylic acid groups (broad SMARTS) is 1. The number of halogens is 1. The number of ether oxygens (including phenoxy) is 2. The third kappa shape index (κ3) is 5.64. The number of aliphatic carboxylic acids is 1. The van der Waals surface area contributed by atoms with Crippen molar-refractivity contribution in [1.29, 1.82) is 0 Å². The fraction of sp³-hybridized carbons (Fsp3) is 0.462. The number of rotatable bonds is 8. The van der Waals surface area contributed by atoms with E-state index in [1.54, 1.807) is 13.1 Å². The monoisotopic (exact) mass is 588 g/mol. The Balaban J connectivity index is 1.54. The molecule has 5 rings (SSSR count). The molecule has 37 heavy (non-hydrogen) atoms. The summed E-state index contributed by atoms with van der Waals surface area (Å²) in [7, 11) is 0. The topological polar surface area (TPSA) is 113 Å². The number of carbonyl (C=O) groups is 2. The van der Waals surface area contributed by atoms with E-state index in [1.165, 1.54) is 11.3 Å². The Morgan fingerprint density at radius 3 is 2.68 bits per heavy atom. The van der Waals surface area contributed by atoms with Crippen molar-refractivity contribution >= 4 is 45.0 Å². The number of carbonyl (C=O) groups excluding carboxylic acids is 1. The minimum absolute atomic E-state index is 0.0682. The molecule has 1 aromatic carbocycles. The van der Waals surface area contributed by atoms with Gasteiger partial charge in [-0.2, -0.15) is 0 Å². The van der Waals surface area contributed by atoms with Crippen molar-refractivity contribution in [2.45, 2.75) is 44.3 Å². The van der Waals surface area contributed by atoms with Gasteiger partial charge in [-0.05, 0) is 37.3 Å². The quantitative estimate of drug-likeness (QED) is 0.448. The lowest BCUT2D eigenvalue weighted by atomic mass is 9.82. The van der Waals surface area contributed by atoms with Gasteiger partial charge in [-0.15, -0.1) is 11.3 Å². The third-order valence-corrected chi connectivity index (χ3v) is 8.53. The van der Waals surface area contributed by atoms with Crippen LogP contribution < -0.4 is 5.32 Å². The molecule has 2 N–H and O–H groups in total. The number of aromatic nitrogens is 1. The summed E-state index contributed by atoms with van der Waals surface area (Å²) in [5.41, 5.74) is 2.07. The maximum absolute atomic E-state index is 13.4. The second-order valence-corrected chi connectivity index (χ2v) is 11.2. The number of esters is 1. The van der Waals surface area contributed by atoms with E-state index in [0.29, 0.717) is 31.2 Å². The molecule has 9 nitrogen and oxygen atoms in total. The molecule has 1 aromatic heterocycles. The fourth-order valence-electron chi connectivity index (χ4n) is 5.50. The second kappa shape index (κ2) is 11.4. The summed E-state index contributed by atoms with van der Waals surface area (Å²) >= 11 is 5.13. The zero-order chi connectivity index (χ0) is 25.9. The average molecular weight is 590 g/mol. The number of piperidine rings is 1. The zero-order valence-corrected chi connectivity index (χ0v) is 22.8. The van der Waals surface area contributed by atoms with Crippen LogP contribution in [-0.2, 0) is 19.1 Å². The first-order valence-corrected chi connectivity index (χ1v) is 14.1. The number of amidine groups is 1. The highest BCUT2D eigenvalue weighted by molar-refractivity contribution is 9.10. The van der Waals surface area contributed by atoms with E-state index in [9.17, 15) is 14.7 Å². The van der Waals surface area contributed by atoms with E-state index < -0.39 is 18.0 Å². The van der Waals surface area contributed by atoms with Gasteiger partial charge < -0.3 is 19.9 Å². The number of fused-ring (bicyclic) bond motifs is 2. The predicted octanol–water partition coefficient (Wildman–Crippen LogP) is 3.77. The Labute approximate surface area is 227 Å². The average Bonchev–Trinajstić information content (AvgIpc) is 3.39. The summed E-state index contributed by atoms with van der Waals surface area (Å²) in [5.74, 6) is -0.443. The Bertz CT molecular complexity index is 1200. The number of thiazole rings is 1. The van der Waals surface area contributed by atoms with Crippen molar-refractivity contribution in [2.75, 3.05) is 26.4 Å². The van der Waals surface area contributed by atoms with Gasteiger partial charge in [0.1, 0.15) is 6.04 Å². The van der Waals surface area contributed by atoms with Crippen molar-refractivity contribution in [3.05, 3.63) is 62.2 Å². The molecule has 2 bridgehead atoms. The van der Waals surface area contributed by atoms with Crippen LogP contribution in [-0.4, -0.2) is 71.2 Å². The summed E-state index contributed by atoms with van der Waals surface area (Å²) < 4.78 is 12.2. The number of aliphatic imine (C=N–C) groups is 1. The van der Waals surface area contributed by atoms with Crippen LogP contribution in [0.5, 0.6) is 0 Å². The van der Waals surface area contributed by atoms with Crippen LogP contribution in [0.3, 0.4) is 0 Å². The van der Waals surface area contributed by atoms with Crippen LogP contribution in [0.4, 0.5) is 0 Å². The fourth-order valence-corrected chi connectivity index (χ4v) is 6.59. The highest BCUT2D eigenvalue weighted by Gasteiger charge is 2.42. The molecule has 3 aliphatic rings. The number of morpholine rings is 1. The van der Waals surface area contributed by atoms with Gasteiger partial charge in [0.05, 0.1) is 25.4 Å². The molecule has 11 heteroatoms. The molecule has 4 heterocycles. The van der Waals surface area contributed by atoms with Gasteiger partial charge in [-0.25, -0.2) is 9.78 Å². The first-order chi connectivity index (χ1) is 17.9. The van der Waals surface area contributed by atoms with Crippen LogP contribution in [0.15, 0.2) is 56.6 Å². The van der Waals surface area contributed by atoms with Crippen LogP contribution in [0.1, 0.15) is 42.8 Å². The van der Waals surface area contributed by atoms with Crippen molar-refractivity contribution in [3.63, 3.8) is 0 Å². The van der Waals surface area contributed by atoms with Gasteiger partial charge in [-0.3, -0.25) is 14.7 Å². The van der Waals surface area contributed by atoms with Crippen LogP contribution in [0.2, 0.25) is 0 Å². The predicted molar refractivity (Wildman–Crippen MR) is 142 cm³/mol. The molecule has 0 spiro atoms. The molecule has 0 radical (unpaired) electrons. The molecule has 2 aromatic rings. The van der Waals surface area contributed by atoms with E-state index in [1.807, 2.05) is 29.6 Å². The van der Waals surface area contributed by atoms with Gasteiger partial charge in [0.25, 0.3) is 0 Å². The second-order valence-electron chi connectivity index (χ2n) is 9.43. The zero-order valence-electron chi connectivity index (χ0n) is 20.4. The molecule has 4 atom stereocenters. The standard InChI is InChI=1S/C26H29BrN4O5S/c1-2-36-26(34)22-20(12-31-16-9-15(11-21(32)33)10-17(31)14-35-13-16)29-24(25-28-7-8-37-25)30-23(22)18-5-3-4-6-19(18)27/h3-8,15-17,23H,2,9-14H2,1H3,(H,29,30)(H,32,33)/t15-,16+,17-,23-/m0/s1. The Morgan fingerprint density at radius 2 is 2.03 bits per heavy atom. The summed E-state index contributed by atoms with van der Waals surface area (Å²) in [6, 6.07) is 7.31. The minimum atomic E-state index is -0.765. The molecule has 2 fully saturated rings. The number of hydrogen-bond donors (Lipinski definition) is 2. The van der Waals surface area contributed by atoms with Gasteiger partial charge in [0.2, 0.25) is 0 Å². The van der Waals surface area contributed by atoms with Crippen molar-refractivity contribution in [2.24, 2.45) is 10.9 Å². The molecule has 3 aliphatic heterocycles. The van der Waals surface area contributed by atoms with E-state index in [0.717, 1.165) is 33.6 Å². The maximum atomic E-state index is 13.4. The van der Waals surface area contributed by atoms with Crippen molar-refractivity contribution in [3.8, 4) is 0 Å². The number of hydrogen-bond acceptors (Lipinski definition) is 9. The largest absolute Gasteiger partial charge is 0.481 e. The summed E-state index contributed by atoms with van der Waals surface area (Å²) in [4.78, 5) is 36.6. The normalized spacial score (nSPS) is 25.8. The van der Waals surface area contributed by atoms with E-state index in [2.05, 4.69) is 31.1 Å². The molecular weight excluding hydrogens is 560 g/mol. The molecule has 2 saturated heterocycles. The molecule has 0 unspecified atom stereocenters. The summed E-state index contributed by atoms with van der Waals surface area (Å²) in [6.45, 7) is 3.59. The molecule has 0 saturated carbocycles. The highest BCUT2D eigenvalue weighted by atomic mass is 79.9. The SMILES string of the molecule is CCOC(=O)C1=C(CN2[C@@H]3COC[C@H]2C[C@H](CC(=O)O)C3)NC(c2nccs2)=N[C@H]1c1ccccc1Br. The van der Waals surface area contributed by atoms with Gasteiger partial charge in [-0.1, -0.05) is 34.1 Å². The highest BCUT2D eigenvalue weighted by Crippen LogP contribution is 2.39. The van der Waals surface area contributed by atoms with Crippen molar-refractivity contribution < 1.29 is 24.2 Å². The number of benzene rings is 1. The van der Waals surface area contributed by atoms with Gasteiger partial charge >= 0.3 is 11.9 Å². The Kier molecular flexibility index (Phi) is 8.04. The minimum Gasteiger partial charge on any atom is -0.481 e. The first kappa shape index (κ1) is 26.0. The van der Waals surface area contributed by atoms with Crippen molar-refractivity contribution in [1.82, 2.24) is 15.2 Å². The lowest BCUT2D eigenvalue weighted by Gasteiger charge is -2.49. The van der Waals surface area contributed by atoms with E-state index in [-0.39, 0.29) is 31.0 Å². The molecule has 196 valence electrons. The number of carboxylic acids is 1. The van der Waals surface area contributed by atoms with E-state index in [4.69, 9.17) is 14.5 Å². The van der Waals surface area contributed by atoms with Gasteiger partial charge in [0, 0.05) is 46.8 Å².